The molecule has 1 aliphatic rings. The summed E-state index contributed by atoms with van der Waals surface area (Å²) in [5.74, 6) is 1.36. The van der Waals surface area contributed by atoms with E-state index in [1.807, 2.05) is 6.08 Å². The smallest absolute Gasteiger partial charge is 0.311 e. The number of carbonyl (C=O) groups excluding carboxylic acids is 2. The number of aliphatic hydroxyl groups is 1. The van der Waals surface area contributed by atoms with Gasteiger partial charge in [0.05, 0.1) is 12.0 Å². The summed E-state index contributed by atoms with van der Waals surface area (Å²) < 4.78 is 5.39. The van der Waals surface area contributed by atoms with E-state index >= 15 is 0 Å². The molecule has 5 nitrogen and oxygen atoms in total. The van der Waals surface area contributed by atoms with Crippen molar-refractivity contribution in [3.63, 3.8) is 0 Å². The number of aliphatic hydroxyl groups excluding tert-OH is 1. The van der Waals surface area contributed by atoms with Crippen molar-refractivity contribution in [2.24, 2.45) is 23.2 Å². The molecule has 1 amide bonds. The lowest BCUT2D eigenvalue weighted by Crippen LogP contribution is -2.50. The molecule has 2 N–H and O–H groups in total. The monoisotopic (exact) mass is 395 g/mol. The summed E-state index contributed by atoms with van der Waals surface area (Å²) in [6.45, 7) is 14.1. The fourth-order valence-electron chi connectivity index (χ4n) is 3.62. The van der Waals surface area contributed by atoms with Crippen LogP contribution >= 0.6 is 0 Å². The average molecular weight is 396 g/mol. The first kappa shape index (κ1) is 24.7. The van der Waals surface area contributed by atoms with E-state index in [2.05, 4.69) is 33.0 Å². The Labute approximate surface area is 171 Å². The molecule has 0 aromatic carbocycles. The molecule has 28 heavy (non-hydrogen) atoms. The lowest BCUT2D eigenvalue weighted by Gasteiger charge is -2.27. The highest BCUT2D eigenvalue weighted by molar-refractivity contribution is 5.97. The van der Waals surface area contributed by atoms with Gasteiger partial charge in [-0.3, -0.25) is 9.59 Å². The Morgan fingerprint density at radius 3 is 2.43 bits per heavy atom. The van der Waals surface area contributed by atoms with Gasteiger partial charge in [-0.15, -0.1) is 0 Å². The zero-order chi connectivity index (χ0) is 21.5. The van der Waals surface area contributed by atoms with Crippen molar-refractivity contribution in [2.75, 3.05) is 13.2 Å². The predicted molar refractivity (Wildman–Crippen MR) is 113 cm³/mol. The van der Waals surface area contributed by atoms with E-state index < -0.39 is 11.0 Å². The third kappa shape index (κ3) is 7.57. The van der Waals surface area contributed by atoms with Gasteiger partial charge < -0.3 is 15.2 Å². The maximum absolute atomic E-state index is 12.5. The molecular formula is C23H41NO4. The van der Waals surface area contributed by atoms with E-state index in [0.717, 1.165) is 19.3 Å². The fraction of sp³-hybridized carbons (Fsp3) is 0.826. The molecule has 0 bridgehead atoms. The topological polar surface area (TPSA) is 75.6 Å². The largest absolute Gasteiger partial charge is 0.463 e. The molecule has 0 aromatic heterocycles. The Bertz CT molecular complexity index is 561. The highest BCUT2D eigenvalue weighted by Gasteiger charge is 2.42. The minimum atomic E-state index is -0.909. The third-order valence-corrected chi connectivity index (χ3v) is 5.53. The van der Waals surface area contributed by atoms with Crippen molar-refractivity contribution in [1.29, 1.82) is 0 Å². The molecule has 3 atom stereocenters. The van der Waals surface area contributed by atoms with Crippen molar-refractivity contribution in [2.45, 2.75) is 86.1 Å². The molecule has 0 aliphatic carbocycles. The van der Waals surface area contributed by atoms with Gasteiger partial charge in [-0.05, 0) is 57.8 Å². The van der Waals surface area contributed by atoms with Crippen LogP contribution in [0, 0.1) is 23.2 Å². The van der Waals surface area contributed by atoms with Crippen molar-refractivity contribution >= 4 is 11.9 Å². The molecule has 0 saturated carbocycles. The molecule has 5 heteroatoms. The second-order valence-corrected chi connectivity index (χ2v) is 10.1. The first-order valence-corrected chi connectivity index (χ1v) is 10.7. The van der Waals surface area contributed by atoms with Gasteiger partial charge in [-0.1, -0.05) is 40.2 Å². The van der Waals surface area contributed by atoms with Crippen molar-refractivity contribution in [1.82, 2.24) is 5.32 Å². The molecule has 162 valence electrons. The zero-order valence-corrected chi connectivity index (χ0v) is 18.9. The van der Waals surface area contributed by atoms with Crippen LogP contribution in [0.15, 0.2) is 11.6 Å². The summed E-state index contributed by atoms with van der Waals surface area (Å²) in [6.07, 6.45) is 6.76. The summed E-state index contributed by atoms with van der Waals surface area (Å²) in [7, 11) is 0. The van der Waals surface area contributed by atoms with Crippen LogP contribution in [0.2, 0.25) is 0 Å². The minimum Gasteiger partial charge on any atom is -0.463 e. The van der Waals surface area contributed by atoms with Gasteiger partial charge in [0.2, 0.25) is 5.91 Å². The SMILES string of the molecule is CCC(C)CC(C/C=C1/CC(CO)(COC(=O)C(C)(C)C)NC1=O)CC(C)C. The molecule has 1 fully saturated rings. The van der Waals surface area contributed by atoms with Crippen LogP contribution in [0.4, 0.5) is 0 Å². The highest BCUT2D eigenvalue weighted by atomic mass is 16.5. The first-order chi connectivity index (χ1) is 12.9. The van der Waals surface area contributed by atoms with Crippen LogP contribution in [-0.2, 0) is 14.3 Å². The lowest BCUT2D eigenvalue weighted by molar-refractivity contribution is -0.156. The molecule has 3 unspecified atom stereocenters. The summed E-state index contributed by atoms with van der Waals surface area (Å²) in [4.78, 5) is 24.5. The van der Waals surface area contributed by atoms with E-state index in [-0.39, 0.29) is 25.1 Å². The number of ether oxygens (including phenoxy) is 1. The quantitative estimate of drug-likeness (QED) is 0.428. The first-order valence-electron chi connectivity index (χ1n) is 10.7. The fourth-order valence-corrected chi connectivity index (χ4v) is 3.62. The molecule has 0 spiro atoms. The molecule has 1 aliphatic heterocycles. The molecule has 0 aromatic rings. The summed E-state index contributed by atoms with van der Waals surface area (Å²) >= 11 is 0. The number of nitrogens with one attached hydrogen (secondary N) is 1. The number of allylic oxidation sites excluding steroid dienone is 1. The van der Waals surface area contributed by atoms with E-state index in [9.17, 15) is 14.7 Å². The van der Waals surface area contributed by atoms with Gasteiger partial charge in [0, 0.05) is 12.0 Å². The number of esters is 1. The van der Waals surface area contributed by atoms with Crippen LogP contribution in [-0.4, -0.2) is 35.7 Å². The molecular weight excluding hydrogens is 354 g/mol. The Hall–Kier alpha value is -1.36. The number of hydrogen-bond acceptors (Lipinski definition) is 4. The third-order valence-electron chi connectivity index (χ3n) is 5.53. The van der Waals surface area contributed by atoms with Crippen LogP contribution in [0.5, 0.6) is 0 Å². The summed E-state index contributed by atoms with van der Waals surface area (Å²) in [5.41, 5.74) is -0.828. The Kier molecular flexibility index (Phi) is 9.19. The van der Waals surface area contributed by atoms with Crippen molar-refractivity contribution < 1.29 is 19.4 Å². The second-order valence-electron chi connectivity index (χ2n) is 10.1. The Morgan fingerprint density at radius 1 is 1.29 bits per heavy atom. The van der Waals surface area contributed by atoms with E-state index in [1.165, 1.54) is 6.42 Å². The molecule has 1 heterocycles. The molecule has 1 saturated heterocycles. The van der Waals surface area contributed by atoms with Crippen LogP contribution in [0.1, 0.15) is 80.6 Å². The average Bonchev–Trinajstić information content (AvgIpc) is 2.92. The van der Waals surface area contributed by atoms with Gasteiger partial charge in [0.25, 0.3) is 0 Å². The Balaban J connectivity index is 2.80. The zero-order valence-electron chi connectivity index (χ0n) is 18.9. The minimum absolute atomic E-state index is 0.00895. The van der Waals surface area contributed by atoms with Gasteiger partial charge in [-0.2, -0.15) is 0 Å². The maximum Gasteiger partial charge on any atom is 0.311 e. The van der Waals surface area contributed by atoms with E-state index in [4.69, 9.17) is 4.74 Å². The van der Waals surface area contributed by atoms with Crippen LogP contribution in [0.25, 0.3) is 0 Å². The van der Waals surface area contributed by atoms with Crippen molar-refractivity contribution in [3.8, 4) is 0 Å². The predicted octanol–water partition coefficient (Wildman–Crippen LogP) is 4.24. The summed E-state index contributed by atoms with van der Waals surface area (Å²) in [5, 5.41) is 12.7. The van der Waals surface area contributed by atoms with Gasteiger partial charge in [0.1, 0.15) is 12.1 Å². The normalized spacial score (nSPS) is 23.8. The van der Waals surface area contributed by atoms with E-state index in [0.29, 0.717) is 29.7 Å². The lowest BCUT2D eigenvalue weighted by atomic mass is 9.85. The number of amides is 1. The molecule has 0 radical (unpaired) electrons. The maximum atomic E-state index is 12.5. The summed E-state index contributed by atoms with van der Waals surface area (Å²) in [6, 6.07) is 0. The number of carbonyl (C=O) groups is 2. The van der Waals surface area contributed by atoms with Gasteiger partial charge in [0.15, 0.2) is 0 Å². The number of hydrogen-bond donors (Lipinski definition) is 2. The van der Waals surface area contributed by atoms with Crippen molar-refractivity contribution in [3.05, 3.63) is 11.6 Å². The van der Waals surface area contributed by atoms with E-state index in [1.54, 1.807) is 20.8 Å². The van der Waals surface area contributed by atoms with Crippen LogP contribution in [0.3, 0.4) is 0 Å². The molecule has 1 rings (SSSR count). The highest BCUT2D eigenvalue weighted by Crippen LogP contribution is 2.30. The number of rotatable bonds is 10. The second kappa shape index (κ2) is 10.4. The van der Waals surface area contributed by atoms with Gasteiger partial charge in [-0.25, -0.2) is 0 Å². The standard InChI is InChI=1S/C23H41NO4/c1-8-17(4)12-18(11-16(2)3)9-10-19-13-23(14-25,24-20(19)26)15-28-21(27)22(5,6)7/h10,16-18,25H,8-9,11-15H2,1-7H3,(H,24,26)/b19-10-. The van der Waals surface area contributed by atoms with Gasteiger partial charge >= 0.3 is 5.97 Å². The Morgan fingerprint density at radius 2 is 1.93 bits per heavy atom. The van der Waals surface area contributed by atoms with Crippen LogP contribution < -0.4 is 5.32 Å².